The maximum Gasteiger partial charge on any atom is 0.233 e. The lowest BCUT2D eigenvalue weighted by Crippen LogP contribution is -2.41. The van der Waals surface area contributed by atoms with Crippen LogP contribution in [0.3, 0.4) is 0 Å². The molecule has 0 saturated carbocycles. The maximum atomic E-state index is 12.4. The van der Waals surface area contributed by atoms with E-state index in [1.807, 2.05) is 33.7 Å². The minimum atomic E-state index is 0.0904. The predicted octanol–water partition coefficient (Wildman–Crippen LogP) is 2.20. The summed E-state index contributed by atoms with van der Waals surface area (Å²) in [5.74, 6) is 1.15. The average molecular weight is 397 g/mol. The highest BCUT2D eigenvalue weighted by atomic mass is 35.5. The van der Waals surface area contributed by atoms with Gasteiger partial charge in [-0.1, -0.05) is 23.4 Å². The van der Waals surface area contributed by atoms with Crippen LogP contribution in [0.2, 0.25) is 5.02 Å². The number of carbonyl (C=O) groups is 1. The average Bonchev–Trinajstić information content (AvgIpc) is 3.08. The van der Waals surface area contributed by atoms with Gasteiger partial charge in [0.15, 0.2) is 11.0 Å². The topological polar surface area (TPSA) is 69.5 Å². The molecule has 1 aromatic heterocycles. The summed E-state index contributed by atoms with van der Waals surface area (Å²) in [6.07, 6.45) is 0. The number of morpholine rings is 1. The predicted molar refractivity (Wildman–Crippen MR) is 100 cm³/mol. The van der Waals surface area contributed by atoms with Crippen LogP contribution >= 0.6 is 23.4 Å². The molecule has 2 aromatic rings. The third-order valence-electron chi connectivity index (χ3n) is 4.03. The minimum Gasteiger partial charge on any atom is -0.383 e. The van der Waals surface area contributed by atoms with Crippen molar-refractivity contribution >= 4 is 29.3 Å². The molecule has 26 heavy (non-hydrogen) atoms. The van der Waals surface area contributed by atoms with E-state index in [0.29, 0.717) is 55.4 Å². The van der Waals surface area contributed by atoms with E-state index in [0.717, 1.165) is 11.4 Å². The first kappa shape index (κ1) is 19.2. The first-order chi connectivity index (χ1) is 12.7. The molecule has 1 aliphatic rings. The fourth-order valence-electron chi connectivity index (χ4n) is 2.62. The number of rotatable bonds is 7. The molecule has 0 radical (unpaired) electrons. The van der Waals surface area contributed by atoms with Crippen molar-refractivity contribution in [2.75, 3.05) is 45.8 Å². The Labute approximate surface area is 161 Å². The van der Waals surface area contributed by atoms with Gasteiger partial charge in [-0.25, -0.2) is 0 Å². The molecule has 1 saturated heterocycles. The fourth-order valence-corrected chi connectivity index (χ4v) is 3.62. The standard InChI is InChI=1S/C17H21ClN4O3S/c1-24-9-8-22-16(13-2-4-14(18)5-3-13)19-20-17(22)26-12-15(23)21-6-10-25-11-7-21/h2-5H,6-12H2,1H3. The number of hydrogen-bond donors (Lipinski definition) is 0. The van der Waals surface area contributed by atoms with E-state index in [2.05, 4.69) is 10.2 Å². The van der Waals surface area contributed by atoms with Crippen LogP contribution in [0, 0.1) is 0 Å². The maximum absolute atomic E-state index is 12.4. The molecule has 3 rings (SSSR count). The molecular formula is C17H21ClN4O3S. The first-order valence-corrected chi connectivity index (χ1v) is 9.72. The molecule has 0 aliphatic carbocycles. The molecule has 0 N–H and O–H groups in total. The third-order valence-corrected chi connectivity index (χ3v) is 5.23. The molecule has 0 unspecified atom stereocenters. The molecule has 7 nitrogen and oxygen atoms in total. The molecule has 0 bridgehead atoms. The van der Waals surface area contributed by atoms with Crippen molar-refractivity contribution in [1.82, 2.24) is 19.7 Å². The van der Waals surface area contributed by atoms with Crippen molar-refractivity contribution in [2.45, 2.75) is 11.7 Å². The zero-order valence-corrected chi connectivity index (χ0v) is 16.1. The Morgan fingerprint density at radius 2 is 2.00 bits per heavy atom. The molecule has 140 valence electrons. The van der Waals surface area contributed by atoms with E-state index < -0.39 is 0 Å². The molecule has 0 spiro atoms. The van der Waals surface area contributed by atoms with E-state index in [-0.39, 0.29) is 5.91 Å². The number of carbonyl (C=O) groups excluding carboxylic acids is 1. The summed E-state index contributed by atoms with van der Waals surface area (Å²) in [5, 5.41) is 9.96. The van der Waals surface area contributed by atoms with Crippen LogP contribution in [-0.2, 0) is 20.8 Å². The van der Waals surface area contributed by atoms with Crippen LogP contribution < -0.4 is 0 Å². The van der Waals surface area contributed by atoms with Crippen molar-refractivity contribution < 1.29 is 14.3 Å². The van der Waals surface area contributed by atoms with Gasteiger partial charge in [0.1, 0.15) is 0 Å². The van der Waals surface area contributed by atoms with Crippen molar-refractivity contribution in [2.24, 2.45) is 0 Å². The van der Waals surface area contributed by atoms with Crippen LogP contribution in [0.4, 0.5) is 0 Å². The minimum absolute atomic E-state index is 0.0904. The summed E-state index contributed by atoms with van der Waals surface area (Å²) in [5.41, 5.74) is 0.921. The Bertz CT molecular complexity index is 732. The van der Waals surface area contributed by atoms with Crippen LogP contribution in [0.5, 0.6) is 0 Å². The molecule has 1 fully saturated rings. The highest BCUT2D eigenvalue weighted by Crippen LogP contribution is 2.25. The number of amides is 1. The van der Waals surface area contributed by atoms with Gasteiger partial charge in [0.25, 0.3) is 0 Å². The number of halogens is 1. The largest absolute Gasteiger partial charge is 0.383 e. The number of methoxy groups -OCH3 is 1. The van der Waals surface area contributed by atoms with Gasteiger partial charge in [-0.3, -0.25) is 9.36 Å². The summed E-state index contributed by atoms with van der Waals surface area (Å²) in [4.78, 5) is 14.2. The molecule has 2 heterocycles. The molecule has 1 aliphatic heterocycles. The number of ether oxygens (including phenoxy) is 2. The number of hydrogen-bond acceptors (Lipinski definition) is 6. The highest BCUT2D eigenvalue weighted by molar-refractivity contribution is 7.99. The third kappa shape index (κ3) is 4.76. The fraction of sp³-hybridized carbons (Fsp3) is 0.471. The van der Waals surface area contributed by atoms with Crippen molar-refractivity contribution in [3.05, 3.63) is 29.3 Å². The normalized spacial score (nSPS) is 14.6. The van der Waals surface area contributed by atoms with E-state index in [1.165, 1.54) is 11.8 Å². The molecule has 9 heteroatoms. The smallest absolute Gasteiger partial charge is 0.233 e. The van der Waals surface area contributed by atoms with Gasteiger partial charge in [-0.2, -0.15) is 0 Å². The lowest BCUT2D eigenvalue weighted by molar-refractivity contribution is -0.132. The van der Waals surface area contributed by atoms with Crippen molar-refractivity contribution in [3.8, 4) is 11.4 Å². The Balaban J connectivity index is 1.73. The zero-order chi connectivity index (χ0) is 18.4. The van der Waals surface area contributed by atoms with Gasteiger partial charge in [-0.05, 0) is 24.3 Å². The molecular weight excluding hydrogens is 376 g/mol. The number of aromatic nitrogens is 3. The Morgan fingerprint density at radius 1 is 1.27 bits per heavy atom. The Hall–Kier alpha value is -1.61. The Morgan fingerprint density at radius 3 is 2.69 bits per heavy atom. The lowest BCUT2D eigenvalue weighted by Gasteiger charge is -2.26. The van der Waals surface area contributed by atoms with Gasteiger partial charge in [0.2, 0.25) is 5.91 Å². The monoisotopic (exact) mass is 396 g/mol. The highest BCUT2D eigenvalue weighted by Gasteiger charge is 2.20. The van der Waals surface area contributed by atoms with Gasteiger partial charge in [0.05, 0.1) is 32.1 Å². The molecule has 1 amide bonds. The SMILES string of the molecule is COCCn1c(SCC(=O)N2CCOCC2)nnc1-c1ccc(Cl)cc1. The van der Waals surface area contributed by atoms with Crippen molar-refractivity contribution in [3.63, 3.8) is 0 Å². The van der Waals surface area contributed by atoms with E-state index in [4.69, 9.17) is 21.1 Å². The number of thioether (sulfide) groups is 1. The quantitative estimate of drug-likeness (QED) is 0.668. The first-order valence-electron chi connectivity index (χ1n) is 8.35. The van der Waals surface area contributed by atoms with Crippen LogP contribution in [0.1, 0.15) is 0 Å². The summed E-state index contributed by atoms with van der Waals surface area (Å²) in [7, 11) is 1.65. The molecule has 1 aromatic carbocycles. The summed E-state index contributed by atoms with van der Waals surface area (Å²) >= 11 is 7.36. The number of benzene rings is 1. The second-order valence-corrected chi connectivity index (χ2v) is 7.12. The zero-order valence-electron chi connectivity index (χ0n) is 14.6. The van der Waals surface area contributed by atoms with E-state index >= 15 is 0 Å². The van der Waals surface area contributed by atoms with Gasteiger partial charge in [0, 0.05) is 30.8 Å². The van der Waals surface area contributed by atoms with E-state index in [9.17, 15) is 4.79 Å². The van der Waals surface area contributed by atoms with Gasteiger partial charge >= 0.3 is 0 Å². The van der Waals surface area contributed by atoms with Gasteiger partial charge < -0.3 is 14.4 Å². The van der Waals surface area contributed by atoms with Crippen LogP contribution in [0.15, 0.2) is 29.4 Å². The summed E-state index contributed by atoms with van der Waals surface area (Å²) in [6.45, 7) is 3.62. The lowest BCUT2D eigenvalue weighted by atomic mass is 10.2. The Kier molecular flexibility index (Phi) is 6.90. The second-order valence-electron chi connectivity index (χ2n) is 5.74. The van der Waals surface area contributed by atoms with Crippen LogP contribution in [0.25, 0.3) is 11.4 Å². The second kappa shape index (κ2) is 9.36. The van der Waals surface area contributed by atoms with Crippen LogP contribution in [-0.4, -0.2) is 71.3 Å². The van der Waals surface area contributed by atoms with E-state index in [1.54, 1.807) is 7.11 Å². The van der Waals surface area contributed by atoms with Gasteiger partial charge in [-0.15, -0.1) is 10.2 Å². The summed E-state index contributed by atoms with van der Waals surface area (Å²) < 4.78 is 12.5. The van der Waals surface area contributed by atoms with Crippen molar-refractivity contribution in [1.29, 1.82) is 0 Å². The molecule has 0 atom stereocenters. The summed E-state index contributed by atoms with van der Waals surface area (Å²) in [6, 6.07) is 7.45. The number of nitrogens with zero attached hydrogens (tertiary/aromatic N) is 4.